The first kappa shape index (κ1) is 32.7. The van der Waals surface area contributed by atoms with Crippen molar-refractivity contribution in [3.8, 4) is 0 Å². The largest absolute Gasteiger partial charge is 0.472 e. The SMILES string of the molecule is COC(=O)C(O)[C@H]1C(C)(C)[C@H](OC(C)=O)[C@]2(O)[C@@H](OC(=O)C(C)C)[C@@]34O[C@]2(O)[C@]1(C)[C@H]3CC[C@]1(C)C4=CC(=O)O[C@H]1c1ccoc1. The zero-order valence-corrected chi connectivity index (χ0v) is 27.2. The Morgan fingerprint density at radius 1 is 1.04 bits per heavy atom. The summed E-state index contributed by atoms with van der Waals surface area (Å²) in [6, 6.07) is 1.66. The lowest BCUT2D eigenvalue weighted by atomic mass is 9.36. The van der Waals surface area contributed by atoms with Gasteiger partial charge in [-0.3, -0.25) is 9.59 Å². The summed E-state index contributed by atoms with van der Waals surface area (Å²) in [7, 11) is 1.11. The molecule has 13 heteroatoms. The number of aliphatic hydroxyl groups is 3. The third-order valence-corrected chi connectivity index (χ3v) is 11.8. The van der Waals surface area contributed by atoms with Crippen molar-refractivity contribution in [2.75, 3.05) is 7.11 Å². The summed E-state index contributed by atoms with van der Waals surface area (Å²) in [6.45, 7) is 11.0. The Balaban J connectivity index is 1.69. The molecule has 11 atom stereocenters. The molecule has 4 heterocycles. The molecule has 5 aliphatic rings. The second kappa shape index (κ2) is 9.88. The van der Waals surface area contributed by atoms with Gasteiger partial charge in [0, 0.05) is 46.6 Å². The molecule has 0 amide bonds. The molecule has 1 aromatic rings. The van der Waals surface area contributed by atoms with E-state index in [1.165, 1.54) is 18.6 Å². The lowest BCUT2D eigenvalue weighted by Gasteiger charge is -2.69. The molecule has 46 heavy (non-hydrogen) atoms. The van der Waals surface area contributed by atoms with Gasteiger partial charge < -0.3 is 43.4 Å². The number of furan rings is 1. The second-order valence-corrected chi connectivity index (χ2v) is 14.8. The van der Waals surface area contributed by atoms with Crippen LogP contribution in [-0.4, -0.2) is 81.6 Å². The minimum absolute atomic E-state index is 0.253. The van der Waals surface area contributed by atoms with E-state index in [1.54, 1.807) is 40.7 Å². The molecule has 1 unspecified atom stereocenters. The third-order valence-electron chi connectivity index (χ3n) is 11.8. The maximum atomic E-state index is 13.5. The molecule has 6 rings (SSSR count). The first-order chi connectivity index (χ1) is 21.3. The van der Waals surface area contributed by atoms with Gasteiger partial charge in [-0.1, -0.05) is 41.5 Å². The highest BCUT2D eigenvalue weighted by molar-refractivity contribution is 5.86. The minimum atomic E-state index is -2.69. The number of carbonyl (C=O) groups is 4. The van der Waals surface area contributed by atoms with Gasteiger partial charge in [-0.05, 0) is 24.5 Å². The average Bonchev–Trinajstić information content (AvgIpc) is 3.62. The Morgan fingerprint density at radius 3 is 2.28 bits per heavy atom. The van der Waals surface area contributed by atoms with Crippen LogP contribution >= 0.6 is 0 Å². The summed E-state index contributed by atoms with van der Waals surface area (Å²) in [5.74, 6) is -8.80. The summed E-state index contributed by atoms with van der Waals surface area (Å²) < 4.78 is 34.8. The summed E-state index contributed by atoms with van der Waals surface area (Å²) >= 11 is 0. The monoisotopic (exact) mass is 646 g/mol. The Morgan fingerprint density at radius 2 is 1.72 bits per heavy atom. The van der Waals surface area contributed by atoms with Gasteiger partial charge in [0.05, 0.1) is 25.6 Å². The number of hydrogen-bond donors (Lipinski definition) is 3. The minimum Gasteiger partial charge on any atom is -0.472 e. The maximum absolute atomic E-state index is 13.5. The zero-order chi connectivity index (χ0) is 34.0. The fraction of sp³-hybridized carbons (Fsp3) is 0.697. The summed E-state index contributed by atoms with van der Waals surface area (Å²) in [5.41, 5.74) is -7.87. The van der Waals surface area contributed by atoms with E-state index in [-0.39, 0.29) is 6.42 Å². The smallest absolute Gasteiger partial charge is 0.335 e. The highest BCUT2D eigenvalue weighted by Gasteiger charge is 2.96. The Hall–Kier alpha value is -3.26. The average molecular weight is 647 g/mol. The van der Waals surface area contributed by atoms with Gasteiger partial charge in [0.2, 0.25) is 5.79 Å². The molecule has 13 nitrogen and oxygen atoms in total. The summed E-state index contributed by atoms with van der Waals surface area (Å²) in [5, 5.41) is 37.8. The Bertz CT molecular complexity index is 1510. The predicted molar refractivity (Wildman–Crippen MR) is 154 cm³/mol. The number of esters is 4. The van der Waals surface area contributed by atoms with Crippen molar-refractivity contribution in [2.24, 2.45) is 34.0 Å². The van der Waals surface area contributed by atoms with Crippen LogP contribution < -0.4 is 0 Å². The van der Waals surface area contributed by atoms with Crippen LogP contribution in [0.3, 0.4) is 0 Å². The van der Waals surface area contributed by atoms with Gasteiger partial charge in [-0.25, -0.2) is 9.59 Å². The van der Waals surface area contributed by atoms with Crippen LogP contribution in [0.1, 0.15) is 73.0 Å². The highest BCUT2D eigenvalue weighted by Crippen LogP contribution is 2.82. The van der Waals surface area contributed by atoms with Crippen LogP contribution in [-0.2, 0) is 42.9 Å². The highest BCUT2D eigenvalue weighted by atomic mass is 16.7. The van der Waals surface area contributed by atoms with Crippen molar-refractivity contribution < 1.29 is 62.6 Å². The van der Waals surface area contributed by atoms with E-state index >= 15 is 0 Å². The molecular weight excluding hydrogens is 604 g/mol. The zero-order valence-electron chi connectivity index (χ0n) is 27.2. The van der Waals surface area contributed by atoms with E-state index in [9.17, 15) is 34.5 Å². The number of cyclic esters (lactones) is 1. The molecule has 2 bridgehead atoms. The molecule has 4 fully saturated rings. The maximum Gasteiger partial charge on any atom is 0.335 e. The van der Waals surface area contributed by atoms with E-state index in [1.807, 2.05) is 6.92 Å². The molecule has 2 saturated carbocycles. The number of methoxy groups -OCH3 is 1. The number of hydrogen-bond acceptors (Lipinski definition) is 13. The van der Waals surface area contributed by atoms with E-state index in [0.29, 0.717) is 17.6 Å². The van der Waals surface area contributed by atoms with Crippen molar-refractivity contribution in [1.29, 1.82) is 0 Å². The lowest BCUT2D eigenvalue weighted by Crippen LogP contribution is -2.85. The molecule has 2 saturated heterocycles. The molecule has 1 aromatic heterocycles. The molecule has 252 valence electrons. The van der Waals surface area contributed by atoms with Gasteiger partial charge in [-0.2, -0.15) is 0 Å². The molecule has 0 radical (unpaired) electrons. The molecule has 3 N–H and O–H groups in total. The van der Waals surface area contributed by atoms with Gasteiger partial charge in [0.1, 0.15) is 17.8 Å². The molecular formula is C33H42O13. The van der Waals surface area contributed by atoms with Crippen LogP contribution in [0.25, 0.3) is 0 Å². The summed E-state index contributed by atoms with van der Waals surface area (Å²) in [6.07, 6.45) is -1.39. The van der Waals surface area contributed by atoms with Crippen molar-refractivity contribution >= 4 is 23.9 Å². The van der Waals surface area contributed by atoms with Crippen molar-refractivity contribution in [1.82, 2.24) is 0 Å². The topological polar surface area (TPSA) is 188 Å². The van der Waals surface area contributed by atoms with Gasteiger partial charge in [-0.15, -0.1) is 0 Å². The van der Waals surface area contributed by atoms with E-state index in [2.05, 4.69) is 0 Å². The quantitative estimate of drug-likeness (QED) is 0.301. The van der Waals surface area contributed by atoms with E-state index in [0.717, 1.165) is 14.0 Å². The van der Waals surface area contributed by atoms with Crippen molar-refractivity contribution in [3.63, 3.8) is 0 Å². The predicted octanol–water partition coefficient (Wildman–Crippen LogP) is 2.12. The Labute approximate surface area is 266 Å². The van der Waals surface area contributed by atoms with E-state index < -0.39 is 99.3 Å². The lowest BCUT2D eigenvalue weighted by molar-refractivity contribution is -0.391. The number of aliphatic hydroxyl groups excluding tert-OH is 1. The van der Waals surface area contributed by atoms with Gasteiger partial charge in [0.15, 0.2) is 17.8 Å². The fourth-order valence-corrected chi connectivity index (χ4v) is 10.2. The van der Waals surface area contributed by atoms with Gasteiger partial charge >= 0.3 is 23.9 Å². The number of fused-ring (bicyclic) bond motifs is 2. The van der Waals surface area contributed by atoms with Crippen LogP contribution in [0.2, 0.25) is 0 Å². The summed E-state index contributed by atoms with van der Waals surface area (Å²) in [4.78, 5) is 52.6. The normalized spacial score (nSPS) is 44.0. The number of carbonyl (C=O) groups excluding carboxylic acids is 4. The van der Waals surface area contributed by atoms with Crippen molar-refractivity contribution in [3.05, 3.63) is 35.8 Å². The second-order valence-electron chi connectivity index (χ2n) is 14.8. The third kappa shape index (κ3) is 3.60. The number of rotatable bonds is 6. The first-order valence-electron chi connectivity index (χ1n) is 15.5. The van der Waals surface area contributed by atoms with Crippen LogP contribution in [0.5, 0.6) is 0 Å². The number of ether oxygens (including phenoxy) is 5. The van der Waals surface area contributed by atoms with Crippen molar-refractivity contribution in [2.45, 2.75) is 103 Å². The van der Waals surface area contributed by atoms with E-state index in [4.69, 9.17) is 28.1 Å². The first-order valence-corrected chi connectivity index (χ1v) is 15.5. The van der Waals surface area contributed by atoms with Crippen LogP contribution in [0, 0.1) is 34.0 Å². The Kier molecular flexibility index (Phi) is 7.02. The molecule has 2 aliphatic carbocycles. The van der Waals surface area contributed by atoms with Crippen LogP contribution in [0.15, 0.2) is 34.7 Å². The standard InChI is InChI=1S/C33H42O13/c1-15(2)24(37)45-27-31-18(9-11-29(6)19(31)13-20(35)44-23(29)17-10-12-42-14-17)30(7)22(21(36)25(38)41-8)28(4,5)26(43-16(3)34)32(27,39)33(30,40)46-31/h10,12-15,18,21-23,26-27,36,39-40H,9,11H2,1-8H3/t18-,21?,22+,23+,26+,27+,29-,30-,31-,32+,33-/m1/s1. The molecule has 1 spiro atoms. The molecule has 0 aromatic carbocycles. The van der Waals surface area contributed by atoms with Gasteiger partial charge in [0.25, 0.3) is 0 Å². The van der Waals surface area contributed by atoms with Crippen LogP contribution in [0.4, 0.5) is 0 Å². The fourth-order valence-electron chi connectivity index (χ4n) is 10.2. The molecule has 3 aliphatic heterocycles.